The van der Waals surface area contributed by atoms with Crippen LogP contribution in [0.1, 0.15) is 36.2 Å². The highest BCUT2D eigenvalue weighted by Gasteiger charge is 2.39. The molecule has 1 aromatic heterocycles. The number of hydrogen-bond donors (Lipinski definition) is 1. The quantitative estimate of drug-likeness (QED) is 0.817. The van der Waals surface area contributed by atoms with E-state index in [1.165, 1.54) is 0 Å². The van der Waals surface area contributed by atoms with Crippen molar-refractivity contribution in [2.75, 3.05) is 6.54 Å². The Bertz CT molecular complexity index is 509. The number of nitrogens with zero attached hydrogens (tertiary/aromatic N) is 2. The monoisotopic (exact) mass is 261 g/mol. The fourth-order valence-electron chi connectivity index (χ4n) is 3.23. The highest BCUT2D eigenvalue weighted by atomic mass is 16.2. The summed E-state index contributed by atoms with van der Waals surface area (Å²) in [5, 5.41) is 3.02. The third-order valence-electron chi connectivity index (χ3n) is 4.21. The van der Waals surface area contributed by atoms with E-state index >= 15 is 0 Å². The van der Waals surface area contributed by atoms with Crippen LogP contribution in [0.4, 0.5) is 0 Å². The third kappa shape index (κ3) is 2.13. The van der Waals surface area contributed by atoms with Crippen LogP contribution in [-0.2, 0) is 11.8 Å². The molecule has 5 nitrogen and oxygen atoms in total. The normalized spacial score (nSPS) is 26.8. The molecule has 2 aliphatic rings. The molecule has 0 bridgehead atoms. The van der Waals surface area contributed by atoms with Crippen molar-refractivity contribution in [3.05, 3.63) is 24.0 Å². The average molecular weight is 261 g/mol. The molecule has 2 heterocycles. The van der Waals surface area contributed by atoms with E-state index in [1.54, 1.807) is 4.90 Å². The summed E-state index contributed by atoms with van der Waals surface area (Å²) in [4.78, 5) is 26.1. The molecule has 1 aliphatic heterocycles. The molecule has 1 saturated heterocycles. The second kappa shape index (κ2) is 4.72. The third-order valence-corrected chi connectivity index (χ3v) is 4.21. The molecule has 0 aromatic carbocycles. The Balaban J connectivity index is 1.87. The van der Waals surface area contributed by atoms with E-state index in [0.717, 1.165) is 25.7 Å². The van der Waals surface area contributed by atoms with Gasteiger partial charge in [0.05, 0.1) is 6.04 Å². The van der Waals surface area contributed by atoms with Crippen LogP contribution < -0.4 is 5.32 Å². The van der Waals surface area contributed by atoms with Gasteiger partial charge in [-0.05, 0) is 25.0 Å². The number of hydrogen-bond acceptors (Lipinski definition) is 2. The minimum absolute atomic E-state index is 0.0285. The molecule has 3 rings (SSSR count). The van der Waals surface area contributed by atoms with Crippen molar-refractivity contribution in [1.82, 2.24) is 14.8 Å². The molecule has 1 saturated carbocycles. The number of carbonyl (C=O) groups excluding carboxylic acids is 2. The molecular formula is C14H19N3O2. The summed E-state index contributed by atoms with van der Waals surface area (Å²) in [5.41, 5.74) is 0.652. The Morgan fingerprint density at radius 3 is 2.89 bits per heavy atom. The van der Waals surface area contributed by atoms with Crippen LogP contribution >= 0.6 is 0 Å². The van der Waals surface area contributed by atoms with Gasteiger partial charge in [0.2, 0.25) is 5.91 Å². The lowest BCUT2D eigenvalue weighted by atomic mass is 9.87. The first-order chi connectivity index (χ1) is 9.16. The summed E-state index contributed by atoms with van der Waals surface area (Å²) >= 11 is 0. The van der Waals surface area contributed by atoms with Crippen LogP contribution in [0, 0.1) is 0 Å². The summed E-state index contributed by atoms with van der Waals surface area (Å²) < 4.78 is 1.81. The molecule has 0 radical (unpaired) electrons. The van der Waals surface area contributed by atoms with E-state index in [2.05, 4.69) is 5.32 Å². The maximum absolute atomic E-state index is 12.6. The number of rotatable bonds is 1. The van der Waals surface area contributed by atoms with Gasteiger partial charge in [0.1, 0.15) is 12.2 Å². The van der Waals surface area contributed by atoms with Crippen molar-refractivity contribution in [3.8, 4) is 0 Å². The Hall–Kier alpha value is -1.78. The zero-order chi connectivity index (χ0) is 13.4. The molecule has 2 fully saturated rings. The predicted molar refractivity (Wildman–Crippen MR) is 70.6 cm³/mol. The minimum atomic E-state index is -0.0364. The number of aromatic nitrogens is 1. The summed E-state index contributed by atoms with van der Waals surface area (Å²) in [7, 11) is 1.86. The Kier molecular flexibility index (Phi) is 3.05. The van der Waals surface area contributed by atoms with Crippen molar-refractivity contribution >= 4 is 11.8 Å². The van der Waals surface area contributed by atoms with Crippen molar-refractivity contribution in [3.63, 3.8) is 0 Å². The molecular weight excluding hydrogens is 242 g/mol. The van der Waals surface area contributed by atoms with Gasteiger partial charge in [-0.15, -0.1) is 0 Å². The molecule has 1 aromatic rings. The number of amides is 2. The zero-order valence-electron chi connectivity index (χ0n) is 11.1. The van der Waals surface area contributed by atoms with Crippen LogP contribution in [-0.4, -0.2) is 39.9 Å². The Morgan fingerprint density at radius 2 is 2.16 bits per heavy atom. The van der Waals surface area contributed by atoms with E-state index in [9.17, 15) is 9.59 Å². The van der Waals surface area contributed by atoms with Gasteiger partial charge in [0.15, 0.2) is 0 Å². The Morgan fingerprint density at radius 1 is 1.37 bits per heavy atom. The molecule has 0 spiro atoms. The highest BCUT2D eigenvalue weighted by molar-refractivity contribution is 5.96. The van der Waals surface area contributed by atoms with Crippen molar-refractivity contribution < 1.29 is 9.59 Å². The molecule has 1 aliphatic carbocycles. The first-order valence-corrected chi connectivity index (χ1v) is 6.88. The van der Waals surface area contributed by atoms with Gasteiger partial charge in [0, 0.05) is 19.3 Å². The van der Waals surface area contributed by atoms with Crippen molar-refractivity contribution in [2.45, 2.75) is 37.8 Å². The maximum Gasteiger partial charge on any atom is 0.271 e. The number of nitrogens with one attached hydrogen (secondary N) is 1. The molecule has 2 atom stereocenters. The lowest BCUT2D eigenvalue weighted by Crippen LogP contribution is -2.63. The second-order valence-corrected chi connectivity index (χ2v) is 5.46. The summed E-state index contributed by atoms with van der Waals surface area (Å²) in [6.07, 6.45) is 6.09. The van der Waals surface area contributed by atoms with Crippen LogP contribution in [0.15, 0.2) is 18.3 Å². The van der Waals surface area contributed by atoms with Gasteiger partial charge < -0.3 is 14.8 Å². The van der Waals surface area contributed by atoms with Gasteiger partial charge in [0.25, 0.3) is 5.91 Å². The second-order valence-electron chi connectivity index (χ2n) is 5.46. The molecule has 2 amide bonds. The summed E-state index contributed by atoms with van der Waals surface area (Å²) in [6.45, 7) is 0.186. The van der Waals surface area contributed by atoms with E-state index in [4.69, 9.17) is 0 Å². The standard InChI is InChI=1S/C14H19N3O2/c1-16-8-4-7-12(16)14(19)17-9-13(18)15-10-5-2-3-6-11(10)17/h4,7-8,10-11H,2-3,5-6,9H2,1H3,(H,15,18)/t10-,11+/m1/s1. The maximum atomic E-state index is 12.6. The van der Waals surface area contributed by atoms with Gasteiger partial charge in [-0.2, -0.15) is 0 Å². The minimum Gasteiger partial charge on any atom is -0.350 e. The lowest BCUT2D eigenvalue weighted by molar-refractivity contribution is -0.127. The fraction of sp³-hybridized carbons (Fsp3) is 0.571. The fourth-order valence-corrected chi connectivity index (χ4v) is 3.23. The zero-order valence-corrected chi connectivity index (χ0v) is 11.1. The van der Waals surface area contributed by atoms with Crippen molar-refractivity contribution in [1.29, 1.82) is 0 Å². The van der Waals surface area contributed by atoms with Gasteiger partial charge in [-0.1, -0.05) is 12.8 Å². The number of piperazine rings is 1. The largest absolute Gasteiger partial charge is 0.350 e. The van der Waals surface area contributed by atoms with E-state index in [-0.39, 0.29) is 30.4 Å². The molecule has 5 heteroatoms. The Labute approximate surface area is 112 Å². The smallest absolute Gasteiger partial charge is 0.271 e. The average Bonchev–Trinajstić information content (AvgIpc) is 2.83. The summed E-state index contributed by atoms with van der Waals surface area (Å²) in [6, 6.07) is 3.97. The van der Waals surface area contributed by atoms with Gasteiger partial charge in [-0.25, -0.2) is 0 Å². The van der Waals surface area contributed by atoms with Crippen LogP contribution in [0.3, 0.4) is 0 Å². The van der Waals surface area contributed by atoms with E-state index in [0.29, 0.717) is 5.69 Å². The molecule has 1 N–H and O–H groups in total. The SMILES string of the molecule is Cn1cccc1C(=O)N1CC(=O)N[C@@H]2CCCC[C@@H]21. The van der Waals surface area contributed by atoms with Gasteiger partial charge in [-0.3, -0.25) is 9.59 Å². The van der Waals surface area contributed by atoms with E-state index < -0.39 is 0 Å². The van der Waals surface area contributed by atoms with Gasteiger partial charge >= 0.3 is 0 Å². The number of fused-ring (bicyclic) bond motifs is 1. The topological polar surface area (TPSA) is 54.3 Å². The highest BCUT2D eigenvalue weighted by Crippen LogP contribution is 2.27. The molecule has 0 unspecified atom stereocenters. The van der Waals surface area contributed by atoms with Crippen LogP contribution in [0.2, 0.25) is 0 Å². The van der Waals surface area contributed by atoms with Crippen LogP contribution in [0.25, 0.3) is 0 Å². The lowest BCUT2D eigenvalue weighted by Gasteiger charge is -2.43. The van der Waals surface area contributed by atoms with Crippen molar-refractivity contribution in [2.24, 2.45) is 7.05 Å². The number of aryl methyl sites for hydroxylation is 1. The van der Waals surface area contributed by atoms with Crippen LogP contribution in [0.5, 0.6) is 0 Å². The molecule has 102 valence electrons. The predicted octanol–water partition coefficient (Wildman–Crippen LogP) is 0.908. The first-order valence-electron chi connectivity index (χ1n) is 6.88. The summed E-state index contributed by atoms with van der Waals surface area (Å²) in [5.74, 6) is -0.0649. The number of carbonyl (C=O) groups is 2. The first kappa shape index (κ1) is 12.3. The van der Waals surface area contributed by atoms with E-state index in [1.807, 2.05) is 29.9 Å². The molecule has 19 heavy (non-hydrogen) atoms.